The molecule has 3 heterocycles. The molecule has 0 aliphatic carbocycles. The first-order chi connectivity index (χ1) is 16.5. The van der Waals surface area contributed by atoms with Gasteiger partial charge in [-0.05, 0) is 30.2 Å². The van der Waals surface area contributed by atoms with Gasteiger partial charge in [0.2, 0.25) is 11.8 Å². The molecule has 2 aromatic carbocycles. The van der Waals surface area contributed by atoms with Gasteiger partial charge >= 0.3 is 0 Å². The number of morpholine rings is 1. The molecule has 8 nitrogen and oxygen atoms in total. The summed E-state index contributed by atoms with van der Waals surface area (Å²) in [6.45, 7) is 7.41. The van der Waals surface area contributed by atoms with Crippen molar-refractivity contribution >= 4 is 17.5 Å². The molecule has 0 bridgehead atoms. The molecule has 8 heteroatoms. The highest BCUT2D eigenvalue weighted by molar-refractivity contribution is 6.00. The highest BCUT2D eigenvalue weighted by Crippen LogP contribution is 2.36. The summed E-state index contributed by atoms with van der Waals surface area (Å²) in [6.07, 6.45) is 0.460. The topological polar surface area (TPSA) is 80.3 Å². The van der Waals surface area contributed by atoms with Gasteiger partial charge in [-0.25, -0.2) is 0 Å². The van der Waals surface area contributed by atoms with Crippen molar-refractivity contribution in [2.75, 3.05) is 44.4 Å². The van der Waals surface area contributed by atoms with Crippen LogP contribution in [-0.4, -0.2) is 62.3 Å². The van der Waals surface area contributed by atoms with Crippen molar-refractivity contribution in [2.45, 2.75) is 32.5 Å². The van der Waals surface area contributed by atoms with E-state index in [-0.39, 0.29) is 30.3 Å². The molecule has 3 aliphatic rings. The molecule has 2 aromatic rings. The van der Waals surface area contributed by atoms with E-state index < -0.39 is 0 Å². The summed E-state index contributed by atoms with van der Waals surface area (Å²) in [5.41, 5.74) is 3.01. The third kappa shape index (κ3) is 5.18. The van der Waals surface area contributed by atoms with Crippen molar-refractivity contribution in [1.82, 2.24) is 10.2 Å². The van der Waals surface area contributed by atoms with Gasteiger partial charge < -0.3 is 24.4 Å². The molecule has 180 valence electrons. The fourth-order valence-corrected chi connectivity index (χ4v) is 4.80. The molecule has 2 fully saturated rings. The van der Waals surface area contributed by atoms with Crippen molar-refractivity contribution in [2.24, 2.45) is 5.92 Å². The van der Waals surface area contributed by atoms with E-state index in [9.17, 15) is 9.59 Å². The van der Waals surface area contributed by atoms with Crippen LogP contribution in [0.3, 0.4) is 0 Å². The predicted octanol–water partition coefficient (Wildman–Crippen LogP) is 2.35. The molecular formula is C26H31N3O5. The summed E-state index contributed by atoms with van der Waals surface area (Å²) in [7, 11) is 0. The number of nitrogens with one attached hydrogen (secondary N) is 1. The van der Waals surface area contributed by atoms with E-state index in [0.717, 1.165) is 37.5 Å². The molecule has 0 radical (unpaired) electrons. The van der Waals surface area contributed by atoms with Crippen LogP contribution >= 0.6 is 0 Å². The summed E-state index contributed by atoms with van der Waals surface area (Å²) < 4.78 is 16.8. The van der Waals surface area contributed by atoms with Gasteiger partial charge in [0.25, 0.3) is 0 Å². The second-order valence-electron chi connectivity index (χ2n) is 9.19. The van der Waals surface area contributed by atoms with Crippen molar-refractivity contribution in [3.63, 3.8) is 0 Å². The molecule has 5 rings (SSSR count). The van der Waals surface area contributed by atoms with Crippen LogP contribution < -0.4 is 19.7 Å². The maximum absolute atomic E-state index is 12.9. The quantitative estimate of drug-likeness (QED) is 0.706. The minimum Gasteiger partial charge on any atom is -0.486 e. The Morgan fingerprint density at radius 2 is 1.85 bits per heavy atom. The Bertz CT molecular complexity index is 1060. The molecule has 2 unspecified atom stereocenters. The summed E-state index contributed by atoms with van der Waals surface area (Å²) in [4.78, 5) is 29.6. The second-order valence-corrected chi connectivity index (χ2v) is 9.19. The second kappa shape index (κ2) is 10.0. The SMILES string of the molecule is CC1CN(Cc2cccc(CNC(=O)C3CC(=O)N(c4ccc5c(c4)OCCO5)C3)c2)CCO1. The van der Waals surface area contributed by atoms with Gasteiger partial charge in [0.1, 0.15) is 13.2 Å². The highest BCUT2D eigenvalue weighted by Gasteiger charge is 2.35. The number of benzene rings is 2. The zero-order chi connectivity index (χ0) is 23.5. The Balaban J connectivity index is 1.16. The molecule has 2 saturated heterocycles. The number of hydrogen-bond acceptors (Lipinski definition) is 6. The number of carbonyl (C=O) groups is 2. The number of carbonyl (C=O) groups excluding carboxylic acids is 2. The fraction of sp³-hybridized carbons (Fsp3) is 0.462. The zero-order valence-corrected chi connectivity index (χ0v) is 19.5. The third-order valence-electron chi connectivity index (χ3n) is 6.52. The van der Waals surface area contributed by atoms with E-state index in [1.54, 1.807) is 4.90 Å². The maximum atomic E-state index is 12.9. The largest absolute Gasteiger partial charge is 0.486 e. The van der Waals surface area contributed by atoms with E-state index in [1.807, 2.05) is 30.3 Å². The number of rotatable bonds is 6. The smallest absolute Gasteiger partial charge is 0.227 e. The standard InChI is InChI=1S/C26H31N3O5/c1-18-15-28(7-8-32-18)16-20-4-2-3-19(11-20)14-27-26(31)21-12-25(30)29(17-21)22-5-6-23-24(13-22)34-10-9-33-23/h2-6,11,13,18,21H,7-10,12,14-17H2,1H3,(H,27,31). The third-order valence-corrected chi connectivity index (χ3v) is 6.52. The number of hydrogen-bond donors (Lipinski definition) is 1. The van der Waals surface area contributed by atoms with Crippen LogP contribution in [-0.2, 0) is 27.4 Å². The average Bonchev–Trinajstić information content (AvgIpc) is 3.24. The van der Waals surface area contributed by atoms with Gasteiger partial charge in [0.15, 0.2) is 11.5 Å². The van der Waals surface area contributed by atoms with E-state index in [4.69, 9.17) is 14.2 Å². The number of amides is 2. The predicted molar refractivity (Wildman–Crippen MR) is 127 cm³/mol. The monoisotopic (exact) mass is 465 g/mol. The fourth-order valence-electron chi connectivity index (χ4n) is 4.80. The van der Waals surface area contributed by atoms with Crippen LogP contribution in [0, 0.1) is 5.92 Å². The lowest BCUT2D eigenvalue weighted by Gasteiger charge is -2.31. The lowest BCUT2D eigenvalue weighted by molar-refractivity contribution is -0.126. The van der Waals surface area contributed by atoms with Crippen molar-refractivity contribution in [3.8, 4) is 11.5 Å². The van der Waals surface area contributed by atoms with Crippen LogP contribution in [0.4, 0.5) is 5.69 Å². The molecule has 2 amide bonds. The van der Waals surface area contributed by atoms with Crippen LogP contribution in [0.2, 0.25) is 0 Å². The van der Waals surface area contributed by atoms with E-state index in [0.29, 0.717) is 37.8 Å². The number of nitrogens with zero attached hydrogens (tertiary/aromatic N) is 2. The van der Waals surface area contributed by atoms with Gasteiger partial charge in [0, 0.05) is 50.9 Å². The summed E-state index contributed by atoms with van der Waals surface area (Å²) in [5, 5.41) is 3.03. The number of ether oxygens (including phenoxy) is 3. The number of anilines is 1. The van der Waals surface area contributed by atoms with Gasteiger partial charge in [0.05, 0.1) is 18.6 Å². The van der Waals surface area contributed by atoms with E-state index in [2.05, 4.69) is 29.3 Å². The van der Waals surface area contributed by atoms with Crippen molar-refractivity contribution < 1.29 is 23.8 Å². The lowest BCUT2D eigenvalue weighted by atomic mass is 10.1. The molecule has 2 atom stereocenters. The van der Waals surface area contributed by atoms with E-state index >= 15 is 0 Å². The molecule has 0 saturated carbocycles. The van der Waals surface area contributed by atoms with E-state index in [1.165, 1.54) is 5.56 Å². The first-order valence-corrected chi connectivity index (χ1v) is 11.9. The summed E-state index contributed by atoms with van der Waals surface area (Å²) in [5.74, 6) is 0.787. The van der Waals surface area contributed by atoms with Gasteiger partial charge in [-0.1, -0.05) is 24.3 Å². The minimum absolute atomic E-state index is 0.0569. The Kier molecular flexibility index (Phi) is 6.69. The van der Waals surface area contributed by atoms with Crippen molar-refractivity contribution in [1.29, 1.82) is 0 Å². The molecule has 0 aromatic heterocycles. The Labute approximate surface area is 199 Å². The normalized spacial score (nSPS) is 22.6. The van der Waals surface area contributed by atoms with Crippen LogP contribution in [0.5, 0.6) is 11.5 Å². The number of fused-ring (bicyclic) bond motifs is 1. The zero-order valence-electron chi connectivity index (χ0n) is 19.5. The molecule has 34 heavy (non-hydrogen) atoms. The molecular weight excluding hydrogens is 434 g/mol. The van der Waals surface area contributed by atoms with Gasteiger partial charge in [-0.3, -0.25) is 14.5 Å². The van der Waals surface area contributed by atoms with Crippen LogP contribution in [0.1, 0.15) is 24.5 Å². The van der Waals surface area contributed by atoms with Crippen LogP contribution in [0.25, 0.3) is 0 Å². The summed E-state index contributed by atoms with van der Waals surface area (Å²) in [6, 6.07) is 13.8. The van der Waals surface area contributed by atoms with Crippen molar-refractivity contribution in [3.05, 3.63) is 53.6 Å². The Hall–Kier alpha value is -3.10. The first-order valence-electron chi connectivity index (χ1n) is 11.9. The summed E-state index contributed by atoms with van der Waals surface area (Å²) >= 11 is 0. The maximum Gasteiger partial charge on any atom is 0.227 e. The minimum atomic E-state index is -0.376. The first kappa shape index (κ1) is 22.7. The van der Waals surface area contributed by atoms with Gasteiger partial charge in [-0.2, -0.15) is 0 Å². The Morgan fingerprint density at radius 1 is 1.03 bits per heavy atom. The highest BCUT2D eigenvalue weighted by atomic mass is 16.6. The van der Waals surface area contributed by atoms with Gasteiger partial charge in [-0.15, -0.1) is 0 Å². The molecule has 0 spiro atoms. The molecule has 3 aliphatic heterocycles. The molecule has 1 N–H and O–H groups in total. The average molecular weight is 466 g/mol. The lowest BCUT2D eigenvalue weighted by Crippen LogP contribution is -2.40. The van der Waals surface area contributed by atoms with Crippen LogP contribution in [0.15, 0.2) is 42.5 Å². The Morgan fingerprint density at radius 3 is 2.71 bits per heavy atom.